The lowest BCUT2D eigenvalue weighted by molar-refractivity contribution is -0.228. The molecule has 1 N–H and O–H groups in total. The van der Waals surface area contributed by atoms with Crippen molar-refractivity contribution in [2.75, 3.05) is 0 Å². The Kier molecular flexibility index (Phi) is 5.33. The highest BCUT2D eigenvalue weighted by molar-refractivity contribution is 7.96. The van der Waals surface area contributed by atoms with Gasteiger partial charge in [0.2, 0.25) is 5.12 Å². The number of carbonyl (C=O) groups is 3. The van der Waals surface area contributed by atoms with E-state index < -0.39 is 69.0 Å². The number of thiol groups is 1. The molecule has 176 valence electrons. The van der Waals surface area contributed by atoms with Crippen LogP contribution in [0, 0.1) is 28.6 Å². The number of hydrogen-bond acceptors (Lipinski definition) is 5. The summed E-state index contributed by atoms with van der Waals surface area (Å²) in [5.74, 6) is -2.94. The monoisotopic (exact) mass is 468 g/mol. The first-order valence-electron chi connectivity index (χ1n) is 11.2. The van der Waals surface area contributed by atoms with Crippen LogP contribution in [0.3, 0.4) is 0 Å². The van der Waals surface area contributed by atoms with E-state index in [1.165, 1.54) is 19.1 Å². The second-order valence-corrected chi connectivity index (χ2v) is 10.8. The Balaban J connectivity index is 1.87. The number of alkyl halides is 2. The first kappa shape index (κ1) is 23.6. The van der Waals surface area contributed by atoms with Crippen LogP contribution >= 0.6 is 12.6 Å². The maximum Gasteiger partial charge on any atom is 0.306 e. The van der Waals surface area contributed by atoms with Crippen molar-refractivity contribution < 1.29 is 33.0 Å². The lowest BCUT2D eigenvalue weighted by atomic mass is 9.44. The number of esters is 1. The highest BCUT2D eigenvalue weighted by Gasteiger charge is 2.77. The standard InChI is InChI=1S/C24H30F2O5S/c1-5-19(29)31-24(20(30)32)12(2)8-14-15-10-17(25)16-9-13(27)6-7-21(16,3)23(15,26)18(28)11-22(14,24)4/h6-7,9,12,14-15,17-18,28H,5,8,10-11H2,1-4H3,(H,30,32)/t12-,14?,15?,17+,18+,21?,22?,23+,24+/m1/s1. The fourth-order valence-electron chi connectivity index (χ4n) is 7.49. The Morgan fingerprint density at radius 2 is 1.94 bits per heavy atom. The van der Waals surface area contributed by atoms with Crippen LogP contribution < -0.4 is 0 Å². The first-order valence-corrected chi connectivity index (χ1v) is 11.7. The summed E-state index contributed by atoms with van der Waals surface area (Å²) >= 11 is 4.09. The summed E-state index contributed by atoms with van der Waals surface area (Å²) in [6, 6.07) is 0. The van der Waals surface area contributed by atoms with E-state index in [1.807, 2.05) is 0 Å². The fraction of sp³-hybridized carbons (Fsp3) is 0.708. The van der Waals surface area contributed by atoms with Gasteiger partial charge in [-0.1, -0.05) is 26.8 Å². The number of ether oxygens (including phenoxy) is 1. The van der Waals surface area contributed by atoms with E-state index in [4.69, 9.17) is 4.74 Å². The Morgan fingerprint density at radius 3 is 2.53 bits per heavy atom. The number of rotatable bonds is 3. The normalized spacial score (nSPS) is 49.6. The molecule has 0 aromatic heterocycles. The molecule has 8 heteroatoms. The van der Waals surface area contributed by atoms with Crippen molar-refractivity contribution in [3.8, 4) is 0 Å². The zero-order valence-corrected chi connectivity index (χ0v) is 19.6. The molecule has 4 aliphatic carbocycles. The molecule has 0 saturated heterocycles. The van der Waals surface area contributed by atoms with Crippen LogP contribution in [0.25, 0.3) is 0 Å². The third kappa shape index (κ3) is 2.62. The maximum absolute atomic E-state index is 17.1. The third-order valence-electron chi connectivity index (χ3n) is 9.05. The predicted octanol–water partition coefficient (Wildman–Crippen LogP) is 3.70. The third-order valence-corrected chi connectivity index (χ3v) is 9.38. The van der Waals surface area contributed by atoms with E-state index in [0.29, 0.717) is 6.42 Å². The van der Waals surface area contributed by atoms with Crippen molar-refractivity contribution in [2.24, 2.45) is 28.6 Å². The Labute approximate surface area is 192 Å². The molecule has 4 aliphatic rings. The second-order valence-electron chi connectivity index (χ2n) is 10.4. The number of aliphatic hydroxyl groups excluding tert-OH is 1. The zero-order valence-electron chi connectivity index (χ0n) is 18.7. The van der Waals surface area contributed by atoms with Crippen LogP contribution in [0.4, 0.5) is 8.78 Å². The molecule has 4 unspecified atom stereocenters. The van der Waals surface area contributed by atoms with E-state index >= 15 is 8.78 Å². The van der Waals surface area contributed by atoms with Gasteiger partial charge in [0.25, 0.3) is 0 Å². The van der Waals surface area contributed by atoms with Crippen molar-refractivity contribution in [1.29, 1.82) is 0 Å². The first-order chi connectivity index (χ1) is 14.8. The molecule has 0 heterocycles. The molecule has 3 saturated carbocycles. The van der Waals surface area contributed by atoms with Gasteiger partial charge in [-0.25, -0.2) is 8.78 Å². The maximum atomic E-state index is 17.1. The summed E-state index contributed by atoms with van der Waals surface area (Å²) in [6.45, 7) is 6.62. The molecule has 4 rings (SSSR count). The quantitative estimate of drug-likeness (QED) is 0.488. The molecule has 0 aromatic rings. The number of aliphatic hydroxyl groups is 1. The Bertz CT molecular complexity index is 949. The summed E-state index contributed by atoms with van der Waals surface area (Å²) < 4.78 is 38.3. The van der Waals surface area contributed by atoms with Gasteiger partial charge in [-0.05, 0) is 49.8 Å². The number of halogens is 2. The van der Waals surface area contributed by atoms with E-state index in [9.17, 15) is 19.5 Å². The SMILES string of the molecule is CCC(=O)O[C@]1(C(=O)S)[C@H](C)CC2C3C[C@H](F)C4=CC(=O)C=CC4(C)[C@@]3(F)[C@@H](O)CC21C. The molecular formula is C24H30F2O5S. The van der Waals surface area contributed by atoms with Gasteiger partial charge < -0.3 is 9.84 Å². The molecule has 0 spiro atoms. The van der Waals surface area contributed by atoms with Gasteiger partial charge in [0.05, 0.1) is 6.10 Å². The summed E-state index contributed by atoms with van der Waals surface area (Å²) in [5.41, 5.74) is -6.46. The Hall–Kier alpha value is -1.54. The van der Waals surface area contributed by atoms with Gasteiger partial charge in [-0.3, -0.25) is 14.4 Å². The minimum atomic E-state index is -2.24. The second kappa shape index (κ2) is 7.23. The molecule has 0 aliphatic heterocycles. The molecule has 0 radical (unpaired) electrons. The smallest absolute Gasteiger partial charge is 0.306 e. The van der Waals surface area contributed by atoms with Crippen molar-refractivity contribution in [2.45, 2.75) is 76.9 Å². The molecule has 3 fully saturated rings. The summed E-state index contributed by atoms with van der Waals surface area (Å²) in [5, 5.41) is 10.7. The van der Waals surface area contributed by atoms with Crippen molar-refractivity contribution in [1.82, 2.24) is 0 Å². The minimum Gasteiger partial charge on any atom is -0.449 e. The molecule has 9 atom stereocenters. The highest BCUT2D eigenvalue weighted by atomic mass is 32.1. The van der Waals surface area contributed by atoms with Crippen LogP contribution in [0.1, 0.15) is 53.4 Å². The van der Waals surface area contributed by atoms with E-state index in [0.717, 1.165) is 6.08 Å². The molecule has 5 nitrogen and oxygen atoms in total. The summed E-state index contributed by atoms with van der Waals surface area (Å²) in [6.07, 6.45) is 0.619. The highest BCUT2D eigenvalue weighted by Crippen LogP contribution is 2.71. The summed E-state index contributed by atoms with van der Waals surface area (Å²) in [4.78, 5) is 37.2. The Morgan fingerprint density at radius 1 is 1.28 bits per heavy atom. The number of allylic oxidation sites excluding steroid dienone is 4. The summed E-state index contributed by atoms with van der Waals surface area (Å²) in [7, 11) is 0. The van der Waals surface area contributed by atoms with Crippen LogP contribution in [-0.2, 0) is 19.1 Å². The van der Waals surface area contributed by atoms with Crippen molar-refractivity contribution in [3.05, 3.63) is 23.8 Å². The zero-order chi connectivity index (χ0) is 23.9. The van der Waals surface area contributed by atoms with Gasteiger partial charge in [0.1, 0.15) is 6.17 Å². The number of carbonyl (C=O) groups excluding carboxylic acids is 3. The van der Waals surface area contributed by atoms with Gasteiger partial charge in [-0.15, -0.1) is 12.6 Å². The van der Waals surface area contributed by atoms with E-state index in [1.54, 1.807) is 20.8 Å². The number of fused-ring (bicyclic) bond motifs is 5. The molecular weight excluding hydrogens is 438 g/mol. The van der Waals surface area contributed by atoms with Crippen LogP contribution in [0.5, 0.6) is 0 Å². The average Bonchev–Trinajstić information content (AvgIpc) is 2.93. The number of ketones is 1. The van der Waals surface area contributed by atoms with Gasteiger partial charge in [-0.2, -0.15) is 0 Å². The van der Waals surface area contributed by atoms with E-state index in [2.05, 4.69) is 12.6 Å². The van der Waals surface area contributed by atoms with Crippen LogP contribution in [0.15, 0.2) is 23.8 Å². The molecule has 32 heavy (non-hydrogen) atoms. The molecule has 0 bridgehead atoms. The van der Waals surface area contributed by atoms with Crippen LogP contribution in [-0.4, -0.2) is 45.5 Å². The van der Waals surface area contributed by atoms with E-state index in [-0.39, 0.29) is 24.8 Å². The lowest BCUT2D eigenvalue weighted by Crippen LogP contribution is -2.70. The van der Waals surface area contributed by atoms with Crippen LogP contribution in [0.2, 0.25) is 0 Å². The largest absolute Gasteiger partial charge is 0.449 e. The fourth-order valence-corrected chi connectivity index (χ4v) is 8.01. The van der Waals surface area contributed by atoms with Gasteiger partial charge in [0, 0.05) is 29.1 Å². The topological polar surface area (TPSA) is 80.7 Å². The average molecular weight is 469 g/mol. The molecule has 0 aromatic carbocycles. The predicted molar refractivity (Wildman–Crippen MR) is 116 cm³/mol. The lowest BCUT2D eigenvalue weighted by Gasteiger charge is -2.63. The molecule has 0 amide bonds. The van der Waals surface area contributed by atoms with Gasteiger partial charge >= 0.3 is 5.97 Å². The van der Waals surface area contributed by atoms with Crippen molar-refractivity contribution in [3.63, 3.8) is 0 Å². The minimum absolute atomic E-state index is 0.0476. The number of hydrogen-bond donors (Lipinski definition) is 2. The van der Waals surface area contributed by atoms with Gasteiger partial charge in [0.15, 0.2) is 17.1 Å². The van der Waals surface area contributed by atoms with Crippen molar-refractivity contribution >= 4 is 29.5 Å².